The van der Waals surface area contributed by atoms with Crippen LogP contribution in [0.3, 0.4) is 0 Å². The van der Waals surface area contributed by atoms with Crippen LogP contribution in [0.2, 0.25) is 0 Å². The van der Waals surface area contributed by atoms with Crippen LogP contribution >= 0.6 is 0 Å². The Hall–Kier alpha value is -1.98. The van der Waals surface area contributed by atoms with E-state index in [1.54, 1.807) is 0 Å². The van der Waals surface area contributed by atoms with E-state index >= 15 is 0 Å². The quantitative estimate of drug-likeness (QED) is 0.789. The third kappa shape index (κ3) is 4.01. The highest BCUT2D eigenvalue weighted by Crippen LogP contribution is 2.28. The maximum absolute atomic E-state index is 12.9. The molecule has 1 aliphatic carbocycles. The second-order valence-corrected chi connectivity index (χ2v) is 4.48. The third-order valence-corrected chi connectivity index (χ3v) is 2.78. The summed E-state index contributed by atoms with van der Waals surface area (Å²) in [4.78, 5) is 22.9. The fourth-order valence-corrected chi connectivity index (χ4v) is 1.64. The number of halogens is 2. The van der Waals surface area contributed by atoms with E-state index in [9.17, 15) is 18.4 Å². The number of hydrogen-bond acceptors (Lipinski definition) is 2. The number of carbonyl (C=O) groups is 2. The predicted octanol–water partition coefficient (Wildman–Crippen LogP) is 1.22. The zero-order valence-electron chi connectivity index (χ0n) is 10.2. The molecule has 1 aromatic carbocycles. The number of nitrogens with one attached hydrogen (secondary N) is 2. The van der Waals surface area contributed by atoms with Gasteiger partial charge in [0.15, 0.2) is 0 Å². The Morgan fingerprint density at radius 2 is 1.63 bits per heavy atom. The molecular weight excluding hydrogens is 254 g/mol. The number of carbonyl (C=O) groups excluding carboxylic acids is 2. The first-order valence-electron chi connectivity index (χ1n) is 6.08. The Balaban J connectivity index is 1.75. The molecule has 0 unspecified atom stereocenters. The maximum atomic E-state index is 12.9. The van der Waals surface area contributed by atoms with E-state index in [4.69, 9.17) is 0 Å². The predicted molar refractivity (Wildman–Crippen MR) is 64.4 cm³/mol. The van der Waals surface area contributed by atoms with E-state index in [1.807, 2.05) is 0 Å². The summed E-state index contributed by atoms with van der Waals surface area (Å²) in [6.45, 7) is 0.522. The lowest BCUT2D eigenvalue weighted by atomic mass is 10.2. The number of rotatable bonds is 5. The highest BCUT2D eigenvalue weighted by Gasteiger charge is 2.28. The Kier molecular flexibility index (Phi) is 4.09. The Labute approximate surface area is 109 Å². The molecule has 19 heavy (non-hydrogen) atoms. The van der Waals surface area contributed by atoms with Gasteiger partial charge in [-0.1, -0.05) is 0 Å². The van der Waals surface area contributed by atoms with Crippen LogP contribution in [0.1, 0.15) is 23.2 Å². The molecule has 1 fully saturated rings. The van der Waals surface area contributed by atoms with Crippen molar-refractivity contribution in [2.75, 3.05) is 13.1 Å². The molecule has 0 aliphatic heterocycles. The van der Waals surface area contributed by atoms with Gasteiger partial charge in [-0.15, -0.1) is 0 Å². The minimum atomic E-state index is -0.799. The topological polar surface area (TPSA) is 58.2 Å². The summed E-state index contributed by atoms with van der Waals surface area (Å²) < 4.78 is 25.8. The zero-order valence-corrected chi connectivity index (χ0v) is 10.2. The lowest BCUT2D eigenvalue weighted by molar-refractivity contribution is -0.122. The van der Waals surface area contributed by atoms with E-state index in [-0.39, 0.29) is 23.9 Å². The van der Waals surface area contributed by atoms with Crippen LogP contribution in [0.25, 0.3) is 0 Å². The second kappa shape index (κ2) is 5.77. The smallest absolute Gasteiger partial charge is 0.251 e. The van der Waals surface area contributed by atoms with Crippen LogP contribution in [0.15, 0.2) is 18.2 Å². The number of hydrogen-bond donors (Lipinski definition) is 2. The molecule has 0 bridgehead atoms. The average molecular weight is 268 g/mol. The van der Waals surface area contributed by atoms with E-state index in [2.05, 4.69) is 10.6 Å². The zero-order chi connectivity index (χ0) is 13.8. The van der Waals surface area contributed by atoms with Gasteiger partial charge in [0.1, 0.15) is 11.6 Å². The van der Waals surface area contributed by atoms with Crippen molar-refractivity contribution in [3.63, 3.8) is 0 Å². The van der Waals surface area contributed by atoms with Gasteiger partial charge in [0, 0.05) is 30.6 Å². The summed E-state index contributed by atoms with van der Waals surface area (Å²) in [7, 11) is 0. The highest BCUT2D eigenvalue weighted by molar-refractivity contribution is 5.94. The SMILES string of the molecule is O=C(NCCNC(=O)C1CC1)c1cc(F)cc(F)c1. The van der Waals surface area contributed by atoms with Gasteiger partial charge in [-0.05, 0) is 25.0 Å². The molecule has 4 nitrogen and oxygen atoms in total. The van der Waals surface area contributed by atoms with E-state index < -0.39 is 17.5 Å². The first-order valence-corrected chi connectivity index (χ1v) is 6.08. The van der Waals surface area contributed by atoms with Crippen molar-refractivity contribution in [1.29, 1.82) is 0 Å². The summed E-state index contributed by atoms with van der Waals surface area (Å²) in [5.74, 6) is -2.06. The van der Waals surface area contributed by atoms with Gasteiger partial charge in [-0.25, -0.2) is 8.78 Å². The summed E-state index contributed by atoms with van der Waals surface area (Å²) in [6.07, 6.45) is 1.83. The third-order valence-electron chi connectivity index (χ3n) is 2.78. The molecule has 2 N–H and O–H groups in total. The van der Waals surface area contributed by atoms with Crippen LogP contribution in [-0.4, -0.2) is 24.9 Å². The first kappa shape index (κ1) is 13.5. The van der Waals surface area contributed by atoms with Crippen molar-refractivity contribution in [3.8, 4) is 0 Å². The molecule has 102 valence electrons. The fraction of sp³-hybridized carbons (Fsp3) is 0.385. The Bertz CT molecular complexity index is 481. The molecular formula is C13H14F2N2O2. The Morgan fingerprint density at radius 3 is 2.21 bits per heavy atom. The monoisotopic (exact) mass is 268 g/mol. The molecule has 0 atom stereocenters. The molecule has 6 heteroatoms. The molecule has 0 aromatic heterocycles. The van der Waals surface area contributed by atoms with Crippen molar-refractivity contribution < 1.29 is 18.4 Å². The van der Waals surface area contributed by atoms with Crippen LogP contribution in [-0.2, 0) is 4.79 Å². The molecule has 2 rings (SSSR count). The highest BCUT2D eigenvalue weighted by atomic mass is 19.1. The molecule has 1 aromatic rings. The van der Waals surface area contributed by atoms with Crippen LogP contribution < -0.4 is 10.6 Å². The minimum Gasteiger partial charge on any atom is -0.354 e. The van der Waals surface area contributed by atoms with Gasteiger partial charge >= 0.3 is 0 Å². The number of benzene rings is 1. The lowest BCUT2D eigenvalue weighted by Crippen LogP contribution is -2.35. The lowest BCUT2D eigenvalue weighted by Gasteiger charge is -2.07. The molecule has 0 spiro atoms. The normalized spacial score (nSPS) is 14.0. The summed E-state index contributed by atoms with van der Waals surface area (Å²) in [6, 6.07) is 2.62. The van der Waals surface area contributed by atoms with Gasteiger partial charge in [-0.2, -0.15) is 0 Å². The number of amides is 2. The summed E-state index contributed by atoms with van der Waals surface area (Å²) >= 11 is 0. The Morgan fingerprint density at radius 1 is 1.05 bits per heavy atom. The van der Waals surface area contributed by atoms with Crippen molar-refractivity contribution in [2.24, 2.45) is 5.92 Å². The van der Waals surface area contributed by atoms with Crippen molar-refractivity contribution >= 4 is 11.8 Å². The van der Waals surface area contributed by atoms with E-state index in [0.29, 0.717) is 12.6 Å². The van der Waals surface area contributed by atoms with Crippen LogP contribution in [0.4, 0.5) is 8.78 Å². The van der Waals surface area contributed by atoms with E-state index in [1.165, 1.54) is 0 Å². The fourth-order valence-electron chi connectivity index (χ4n) is 1.64. The molecule has 0 saturated heterocycles. The largest absolute Gasteiger partial charge is 0.354 e. The van der Waals surface area contributed by atoms with Crippen LogP contribution in [0.5, 0.6) is 0 Å². The molecule has 1 saturated carbocycles. The van der Waals surface area contributed by atoms with Gasteiger partial charge in [-0.3, -0.25) is 9.59 Å². The van der Waals surface area contributed by atoms with Gasteiger partial charge in [0.25, 0.3) is 5.91 Å². The van der Waals surface area contributed by atoms with E-state index in [0.717, 1.165) is 25.0 Å². The van der Waals surface area contributed by atoms with Crippen molar-refractivity contribution in [1.82, 2.24) is 10.6 Å². The molecule has 0 radical (unpaired) electrons. The average Bonchev–Trinajstić information content (AvgIpc) is 3.17. The first-order chi connectivity index (χ1) is 9.06. The van der Waals surface area contributed by atoms with Crippen molar-refractivity contribution in [2.45, 2.75) is 12.8 Å². The summed E-state index contributed by atoms with van der Waals surface area (Å²) in [5.41, 5.74) is -0.0778. The summed E-state index contributed by atoms with van der Waals surface area (Å²) in [5, 5.41) is 5.15. The van der Waals surface area contributed by atoms with Crippen LogP contribution in [0, 0.1) is 17.6 Å². The van der Waals surface area contributed by atoms with Crippen molar-refractivity contribution in [3.05, 3.63) is 35.4 Å². The van der Waals surface area contributed by atoms with Gasteiger partial charge < -0.3 is 10.6 Å². The standard InChI is InChI=1S/C13H14F2N2O2/c14-10-5-9(6-11(15)7-10)13(19)17-4-3-16-12(18)8-1-2-8/h5-8H,1-4H2,(H,16,18)(H,17,19). The molecule has 2 amide bonds. The van der Waals surface area contributed by atoms with Gasteiger partial charge in [0.2, 0.25) is 5.91 Å². The maximum Gasteiger partial charge on any atom is 0.251 e. The second-order valence-electron chi connectivity index (χ2n) is 4.48. The molecule has 0 heterocycles. The van der Waals surface area contributed by atoms with Gasteiger partial charge in [0.05, 0.1) is 0 Å². The molecule has 1 aliphatic rings. The minimum absolute atomic E-state index is 0.00829.